The van der Waals surface area contributed by atoms with Crippen molar-refractivity contribution in [1.29, 1.82) is 0 Å². The molecule has 0 saturated heterocycles. The number of hydrogen-bond acceptors (Lipinski definition) is 4. The molecule has 1 aromatic heterocycles. The molecule has 6 nitrogen and oxygen atoms in total. The van der Waals surface area contributed by atoms with Gasteiger partial charge in [0.2, 0.25) is 5.55 Å². The number of rotatable bonds is 3. The van der Waals surface area contributed by atoms with E-state index >= 15 is 0 Å². The van der Waals surface area contributed by atoms with E-state index in [4.69, 9.17) is 10.2 Å². The maximum atomic E-state index is 12.0. The molecule has 0 aliphatic heterocycles. The minimum absolute atomic E-state index is 0.0412. The summed E-state index contributed by atoms with van der Waals surface area (Å²) in [6.45, 7) is 0. The van der Waals surface area contributed by atoms with Crippen molar-refractivity contribution in [3.05, 3.63) is 77.3 Å². The van der Waals surface area contributed by atoms with Crippen LogP contribution in [0.1, 0.15) is 20.7 Å². The van der Waals surface area contributed by atoms with E-state index in [0.29, 0.717) is 11.1 Å². The number of hydrogen-bond donors (Lipinski definition) is 2. The number of amides is 2. The summed E-state index contributed by atoms with van der Waals surface area (Å²) >= 11 is 0. The third kappa shape index (κ3) is 3.11. The first kappa shape index (κ1) is 14.5. The Morgan fingerprint density at radius 3 is 2.43 bits per heavy atom. The fraction of sp³-hybridized carbons (Fsp3) is 0. The Balaban J connectivity index is 2.02. The first-order chi connectivity index (χ1) is 11.1. The van der Waals surface area contributed by atoms with Crippen molar-refractivity contribution in [3.8, 4) is 0 Å². The lowest BCUT2D eigenvalue weighted by atomic mass is 10.2. The summed E-state index contributed by atoms with van der Waals surface area (Å²) in [6.07, 6.45) is 0. The van der Waals surface area contributed by atoms with Gasteiger partial charge in [0.05, 0.1) is 0 Å². The number of benzene rings is 2. The van der Waals surface area contributed by atoms with Gasteiger partial charge in [0, 0.05) is 10.9 Å². The summed E-state index contributed by atoms with van der Waals surface area (Å²) in [7, 11) is 0. The van der Waals surface area contributed by atoms with Crippen LogP contribution in [0.2, 0.25) is 0 Å². The van der Waals surface area contributed by atoms with Gasteiger partial charge in [0.15, 0.2) is 0 Å². The number of nitrogens with zero attached hydrogens (tertiary/aromatic N) is 1. The van der Waals surface area contributed by atoms with E-state index in [9.17, 15) is 9.59 Å². The zero-order valence-electron chi connectivity index (χ0n) is 12.0. The fourth-order valence-corrected chi connectivity index (χ4v) is 2.08. The van der Waals surface area contributed by atoms with Crippen LogP contribution in [0.15, 0.2) is 70.2 Å². The van der Waals surface area contributed by atoms with Crippen LogP contribution in [-0.2, 0) is 0 Å². The molecular weight excluding hydrogens is 294 g/mol. The second kappa shape index (κ2) is 6.15. The van der Waals surface area contributed by atoms with E-state index < -0.39 is 11.8 Å². The van der Waals surface area contributed by atoms with Crippen molar-refractivity contribution in [3.63, 3.8) is 0 Å². The molecule has 3 rings (SSSR count). The molecule has 0 aliphatic rings. The quantitative estimate of drug-likeness (QED) is 0.722. The summed E-state index contributed by atoms with van der Waals surface area (Å²) < 4.78 is 5.56. The smallest absolute Gasteiger partial charge is 0.271 e. The first-order valence-electron chi connectivity index (χ1n) is 6.87. The van der Waals surface area contributed by atoms with Gasteiger partial charge in [-0.2, -0.15) is 0 Å². The molecule has 0 aliphatic carbocycles. The minimum Gasteiger partial charge on any atom is -0.436 e. The van der Waals surface area contributed by atoms with Crippen LogP contribution in [-0.4, -0.2) is 11.8 Å². The van der Waals surface area contributed by atoms with Crippen molar-refractivity contribution in [2.24, 2.45) is 10.8 Å². The Morgan fingerprint density at radius 1 is 1.00 bits per heavy atom. The predicted molar refractivity (Wildman–Crippen MR) is 84.2 cm³/mol. The zero-order valence-corrected chi connectivity index (χ0v) is 12.0. The number of fused-ring (bicyclic) bond motifs is 1. The van der Waals surface area contributed by atoms with Gasteiger partial charge in [-0.3, -0.25) is 9.59 Å². The van der Waals surface area contributed by atoms with E-state index in [1.807, 2.05) is 6.07 Å². The van der Waals surface area contributed by atoms with Gasteiger partial charge in [-0.15, -0.1) is 5.10 Å². The molecule has 0 fully saturated rings. The molecule has 0 atom stereocenters. The van der Waals surface area contributed by atoms with Gasteiger partial charge in [-0.1, -0.05) is 36.4 Å². The molecule has 0 unspecified atom stereocenters. The van der Waals surface area contributed by atoms with Gasteiger partial charge in [0.25, 0.3) is 11.8 Å². The summed E-state index contributed by atoms with van der Waals surface area (Å²) in [4.78, 5) is 23.6. The first-order valence-corrected chi connectivity index (χ1v) is 6.87. The average molecular weight is 307 g/mol. The van der Waals surface area contributed by atoms with Crippen molar-refractivity contribution < 1.29 is 14.0 Å². The largest absolute Gasteiger partial charge is 0.436 e. The molecule has 1 heterocycles. The van der Waals surface area contributed by atoms with Gasteiger partial charge in [0.1, 0.15) is 11.1 Å². The fourth-order valence-electron chi connectivity index (χ4n) is 2.08. The monoisotopic (exact) mass is 307 g/mol. The summed E-state index contributed by atoms with van der Waals surface area (Å²) in [5, 5.41) is 4.60. The van der Waals surface area contributed by atoms with E-state index in [1.54, 1.807) is 54.6 Å². The summed E-state index contributed by atoms with van der Waals surface area (Å²) in [5.74, 6) is -1.10. The molecule has 23 heavy (non-hydrogen) atoms. The molecule has 2 aromatic carbocycles. The number of primary amides is 1. The van der Waals surface area contributed by atoms with Gasteiger partial charge in [-0.05, 0) is 24.3 Å². The van der Waals surface area contributed by atoms with Crippen molar-refractivity contribution in [2.75, 3.05) is 0 Å². The number of nitrogens with two attached hydrogens (primary N) is 1. The van der Waals surface area contributed by atoms with E-state index in [-0.39, 0.29) is 11.1 Å². The summed E-state index contributed by atoms with van der Waals surface area (Å²) in [6, 6.07) is 17.3. The van der Waals surface area contributed by atoms with Crippen LogP contribution in [0.25, 0.3) is 11.0 Å². The molecular formula is C17H13N3O3. The van der Waals surface area contributed by atoms with Gasteiger partial charge in [-0.25, -0.2) is 5.43 Å². The van der Waals surface area contributed by atoms with Gasteiger partial charge >= 0.3 is 0 Å². The Morgan fingerprint density at radius 2 is 1.70 bits per heavy atom. The standard InChI is InChI=1S/C17H13N3O3/c18-15(21)13-10-12-8-4-5-9-14(12)23-17(13)20-19-16(22)11-6-2-1-3-7-11/h1-10H,(H2,18,21)(H,19,22)/b20-17-. The molecule has 0 spiro atoms. The third-order valence-corrected chi connectivity index (χ3v) is 3.22. The Labute approximate surface area is 131 Å². The highest BCUT2D eigenvalue weighted by Crippen LogP contribution is 2.12. The Bertz CT molecular complexity index is 946. The molecule has 114 valence electrons. The maximum Gasteiger partial charge on any atom is 0.271 e. The van der Waals surface area contributed by atoms with Crippen molar-refractivity contribution in [2.45, 2.75) is 0 Å². The van der Waals surface area contributed by atoms with Crippen molar-refractivity contribution in [1.82, 2.24) is 5.43 Å². The topological polar surface area (TPSA) is 97.7 Å². The Hall–Kier alpha value is -3.41. The normalized spacial score (nSPS) is 11.4. The third-order valence-electron chi connectivity index (χ3n) is 3.22. The Kier molecular flexibility index (Phi) is 3.88. The lowest BCUT2D eigenvalue weighted by Gasteiger charge is -2.02. The molecule has 3 aromatic rings. The molecule has 2 amide bonds. The SMILES string of the molecule is NC(=O)c1cc2ccccc2o/c1=N\NC(=O)c1ccccc1. The molecule has 6 heteroatoms. The highest BCUT2D eigenvalue weighted by molar-refractivity contribution is 5.96. The van der Waals surface area contributed by atoms with E-state index in [1.165, 1.54) is 0 Å². The molecule has 0 bridgehead atoms. The maximum absolute atomic E-state index is 12.0. The lowest BCUT2D eigenvalue weighted by molar-refractivity contribution is 0.0946. The average Bonchev–Trinajstić information content (AvgIpc) is 2.59. The van der Waals surface area contributed by atoms with Crippen molar-refractivity contribution >= 4 is 22.8 Å². The molecule has 3 N–H and O–H groups in total. The molecule has 0 radical (unpaired) electrons. The van der Waals surface area contributed by atoms with Gasteiger partial charge < -0.3 is 10.2 Å². The number of nitrogens with one attached hydrogen (secondary N) is 1. The highest BCUT2D eigenvalue weighted by Gasteiger charge is 2.10. The second-order valence-electron chi connectivity index (χ2n) is 4.79. The predicted octanol–water partition coefficient (Wildman–Crippen LogP) is 1.78. The van der Waals surface area contributed by atoms with Crippen LogP contribution in [0.3, 0.4) is 0 Å². The highest BCUT2D eigenvalue weighted by atomic mass is 16.3. The van der Waals surface area contributed by atoms with E-state index in [0.717, 1.165) is 5.39 Å². The van der Waals surface area contributed by atoms with Crippen LogP contribution < -0.4 is 16.7 Å². The number of carbonyl (C=O) groups is 2. The lowest BCUT2D eigenvalue weighted by Crippen LogP contribution is -2.27. The van der Waals surface area contributed by atoms with Crippen LogP contribution in [0, 0.1) is 0 Å². The molecule has 0 saturated carbocycles. The van der Waals surface area contributed by atoms with E-state index in [2.05, 4.69) is 10.5 Å². The number of carbonyl (C=O) groups excluding carboxylic acids is 2. The van der Waals surface area contributed by atoms with Crippen LogP contribution in [0.5, 0.6) is 0 Å². The zero-order chi connectivity index (χ0) is 16.2. The number of para-hydroxylation sites is 1. The van der Waals surface area contributed by atoms with Crippen LogP contribution in [0.4, 0.5) is 0 Å². The second-order valence-corrected chi connectivity index (χ2v) is 4.79. The summed E-state index contributed by atoms with van der Waals surface area (Å²) in [5.41, 5.74) is 8.74. The minimum atomic E-state index is -0.688. The van der Waals surface area contributed by atoms with Crippen LogP contribution >= 0.6 is 0 Å².